The molecule has 0 radical (unpaired) electrons. The Hall–Kier alpha value is -0.610. The highest BCUT2D eigenvalue weighted by atomic mass is 16.5. The molecule has 4 nitrogen and oxygen atoms in total. The molecule has 0 aromatic carbocycles. The smallest absolute Gasteiger partial charge is 0.246 e. The molecule has 15 heavy (non-hydrogen) atoms. The second-order valence-corrected chi connectivity index (χ2v) is 4.54. The van der Waals surface area contributed by atoms with E-state index in [2.05, 4.69) is 10.2 Å². The molecule has 0 aromatic heterocycles. The first-order valence-corrected chi connectivity index (χ1v) is 5.82. The zero-order valence-corrected chi connectivity index (χ0v) is 9.37. The van der Waals surface area contributed by atoms with Crippen molar-refractivity contribution in [3.63, 3.8) is 0 Å². The third-order valence-electron chi connectivity index (χ3n) is 3.23. The van der Waals surface area contributed by atoms with Crippen molar-refractivity contribution in [2.24, 2.45) is 0 Å². The van der Waals surface area contributed by atoms with Gasteiger partial charge in [-0.2, -0.15) is 0 Å². The van der Waals surface area contributed by atoms with Crippen LogP contribution in [0.4, 0.5) is 0 Å². The van der Waals surface area contributed by atoms with Crippen LogP contribution in [0.5, 0.6) is 0 Å². The molecule has 0 spiro atoms. The van der Waals surface area contributed by atoms with Crippen LogP contribution < -0.4 is 5.32 Å². The lowest BCUT2D eigenvalue weighted by atomic mass is 10.0. The predicted octanol–water partition coefficient (Wildman–Crippen LogP) is 0.376. The standard InChI is InChI=1S/C11H20N2O2/c1-15-8-11(14)12-9-4-6-13(7-5-9)10-2-3-10/h9-10H,2-8H2,1H3,(H,12,14). The molecular weight excluding hydrogens is 192 g/mol. The summed E-state index contributed by atoms with van der Waals surface area (Å²) >= 11 is 0. The van der Waals surface area contributed by atoms with Crippen molar-refractivity contribution in [1.82, 2.24) is 10.2 Å². The molecule has 2 aliphatic rings. The molecule has 0 unspecified atom stereocenters. The fraction of sp³-hybridized carbons (Fsp3) is 0.909. The number of piperidine rings is 1. The van der Waals surface area contributed by atoms with Crippen LogP contribution in [0, 0.1) is 0 Å². The fourth-order valence-electron chi connectivity index (χ4n) is 2.25. The van der Waals surface area contributed by atoms with Crippen LogP contribution in [-0.2, 0) is 9.53 Å². The predicted molar refractivity (Wildman–Crippen MR) is 57.6 cm³/mol. The van der Waals surface area contributed by atoms with E-state index < -0.39 is 0 Å². The number of likely N-dealkylation sites (tertiary alicyclic amines) is 1. The molecule has 2 fully saturated rings. The second kappa shape index (κ2) is 4.94. The quantitative estimate of drug-likeness (QED) is 0.732. The summed E-state index contributed by atoms with van der Waals surface area (Å²) in [7, 11) is 1.55. The van der Waals surface area contributed by atoms with Crippen LogP contribution in [-0.4, -0.2) is 49.7 Å². The third-order valence-corrected chi connectivity index (χ3v) is 3.23. The van der Waals surface area contributed by atoms with Gasteiger partial charge < -0.3 is 15.0 Å². The molecule has 1 N–H and O–H groups in total. The summed E-state index contributed by atoms with van der Waals surface area (Å²) in [5, 5.41) is 3.01. The molecular formula is C11H20N2O2. The summed E-state index contributed by atoms with van der Waals surface area (Å²) in [4.78, 5) is 13.8. The Morgan fingerprint density at radius 3 is 2.53 bits per heavy atom. The lowest BCUT2D eigenvalue weighted by Crippen LogP contribution is -2.46. The van der Waals surface area contributed by atoms with E-state index in [1.165, 1.54) is 12.8 Å². The van der Waals surface area contributed by atoms with Crippen LogP contribution in [0.2, 0.25) is 0 Å². The largest absolute Gasteiger partial charge is 0.375 e. The molecule has 1 heterocycles. The Balaban J connectivity index is 1.66. The average Bonchev–Trinajstić information content (AvgIpc) is 3.03. The van der Waals surface area contributed by atoms with Crippen molar-refractivity contribution >= 4 is 5.91 Å². The van der Waals surface area contributed by atoms with Crippen molar-refractivity contribution in [2.45, 2.75) is 37.8 Å². The molecule has 1 saturated heterocycles. The first kappa shape index (κ1) is 10.9. The maximum atomic E-state index is 11.3. The normalized spacial score (nSPS) is 24.1. The van der Waals surface area contributed by atoms with Crippen molar-refractivity contribution < 1.29 is 9.53 Å². The first-order valence-electron chi connectivity index (χ1n) is 5.82. The molecule has 1 saturated carbocycles. The molecule has 2 rings (SSSR count). The van der Waals surface area contributed by atoms with Crippen molar-refractivity contribution in [1.29, 1.82) is 0 Å². The summed E-state index contributed by atoms with van der Waals surface area (Å²) in [6.45, 7) is 2.47. The van der Waals surface area contributed by atoms with Gasteiger partial charge in [-0.25, -0.2) is 0 Å². The molecule has 0 bridgehead atoms. The Morgan fingerprint density at radius 2 is 2.00 bits per heavy atom. The SMILES string of the molecule is COCC(=O)NC1CCN(C2CC2)CC1. The Bertz CT molecular complexity index is 221. The van der Waals surface area contributed by atoms with E-state index >= 15 is 0 Å². The zero-order chi connectivity index (χ0) is 10.7. The highest BCUT2D eigenvalue weighted by Crippen LogP contribution is 2.29. The molecule has 4 heteroatoms. The van der Waals surface area contributed by atoms with Crippen molar-refractivity contribution in [2.75, 3.05) is 26.8 Å². The number of amides is 1. The van der Waals surface area contributed by atoms with Gasteiger partial charge in [0.25, 0.3) is 0 Å². The van der Waals surface area contributed by atoms with E-state index in [4.69, 9.17) is 4.74 Å². The number of nitrogens with one attached hydrogen (secondary N) is 1. The molecule has 86 valence electrons. The van der Waals surface area contributed by atoms with Gasteiger partial charge in [-0.3, -0.25) is 4.79 Å². The number of rotatable bonds is 4. The van der Waals surface area contributed by atoms with Gasteiger partial charge >= 0.3 is 0 Å². The maximum absolute atomic E-state index is 11.3. The minimum Gasteiger partial charge on any atom is -0.375 e. The number of methoxy groups -OCH3 is 1. The molecule has 1 aliphatic heterocycles. The van der Waals surface area contributed by atoms with E-state index in [1.54, 1.807) is 7.11 Å². The summed E-state index contributed by atoms with van der Waals surface area (Å²) in [5.41, 5.74) is 0. The van der Waals surface area contributed by atoms with E-state index in [0.717, 1.165) is 32.0 Å². The molecule has 0 aromatic rings. The van der Waals surface area contributed by atoms with Gasteiger partial charge in [0, 0.05) is 32.3 Å². The molecule has 1 aliphatic carbocycles. The zero-order valence-electron chi connectivity index (χ0n) is 9.37. The van der Waals surface area contributed by atoms with Gasteiger partial charge in [0.1, 0.15) is 6.61 Å². The topological polar surface area (TPSA) is 41.6 Å². The van der Waals surface area contributed by atoms with E-state index in [9.17, 15) is 4.79 Å². The third kappa shape index (κ3) is 3.18. The monoisotopic (exact) mass is 212 g/mol. The Labute approximate surface area is 91.0 Å². The number of carbonyl (C=O) groups excluding carboxylic acids is 1. The van der Waals surface area contributed by atoms with Gasteiger partial charge in [0.2, 0.25) is 5.91 Å². The number of hydrogen-bond acceptors (Lipinski definition) is 3. The highest BCUT2D eigenvalue weighted by molar-refractivity contribution is 5.77. The lowest BCUT2D eigenvalue weighted by Gasteiger charge is -2.32. The first-order chi connectivity index (χ1) is 7.29. The van der Waals surface area contributed by atoms with Gasteiger partial charge in [-0.15, -0.1) is 0 Å². The van der Waals surface area contributed by atoms with Gasteiger partial charge in [-0.1, -0.05) is 0 Å². The summed E-state index contributed by atoms with van der Waals surface area (Å²) in [5.74, 6) is 0.0161. The van der Waals surface area contributed by atoms with Crippen LogP contribution >= 0.6 is 0 Å². The Morgan fingerprint density at radius 1 is 1.33 bits per heavy atom. The van der Waals surface area contributed by atoms with Crippen LogP contribution in [0.1, 0.15) is 25.7 Å². The van der Waals surface area contributed by atoms with Gasteiger partial charge in [0.05, 0.1) is 0 Å². The number of hydrogen-bond donors (Lipinski definition) is 1. The van der Waals surface area contributed by atoms with Crippen LogP contribution in [0.15, 0.2) is 0 Å². The van der Waals surface area contributed by atoms with Crippen LogP contribution in [0.3, 0.4) is 0 Å². The Kier molecular flexibility index (Phi) is 3.59. The van der Waals surface area contributed by atoms with E-state index in [1.807, 2.05) is 0 Å². The summed E-state index contributed by atoms with van der Waals surface area (Å²) < 4.78 is 4.79. The number of carbonyl (C=O) groups is 1. The van der Waals surface area contributed by atoms with Gasteiger partial charge in [-0.05, 0) is 25.7 Å². The minimum absolute atomic E-state index is 0.0161. The van der Waals surface area contributed by atoms with E-state index in [-0.39, 0.29) is 12.5 Å². The molecule has 0 atom stereocenters. The lowest BCUT2D eigenvalue weighted by molar-refractivity contribution is -0.125. The van der Waals surface area contributed by atoms with Gasteiger partial charge in [0.15, 0.2) is 0 Å². The second-order valence-electron chi connectivity index (χ2n) is 4.54. The average molecular weight is 212 g/mol. The summed E-state index contributed by atoms with van der Waals surface area (Å²) in [6.07, 6.45) is 4.93. The fourth-order valence-corrected chi connectivity index (χ4v) is 2.25. The highest BCUT2D eigenvalue weighted by Gasteiger charge is 2.31. The van der Waals surface area contributed by atoms with Crippen molar-refractivity contribution in [3.8, 4) is 0 Å². The van der Waals surface area contributed by atoms with E-state index in [0.29, 0.717) is 6.04 Å². The maximum Gasteiger partial charge on any atom is 0.246 e. The molecule has 1 amide bonds. The number of nitrogens with zero attached hydrogens (tertiary/aromatic N) is 1. The van der Waals surface area contributed by atoms with Crippen LogP contribution in [0.25, 0.3) is 0 Å². The minimum atomic E-state index is 0.0161. The number of ether oxygens (including phenoxy) is 1. The van der Waals surface area contributed by atoms with Crippen molar-refractivity contribution in [3.05, 3.63) is 0 Å². The summed E-state index contributed by atoms with van der Waals surface area (Å²) in [6, 6.07) is 1.23.